The lowest BCUT2D eigenvalue weighted by Gasteiger charge is -2.27. The van der Waals surface area contributed by atoms with E-state index in [0.717, 1.165) is 28.1 Å². The summed E-state index contributed by atoms with van der Waals surface area (Å²) in [6.07, 6.45) is 0. The van der Waals surface area contributed by atoms with Crippen molar-refractivity contribution in [3.8, 4) is 28.3 Å². The van der Waals surface area contributed by atoms with E-state index in [2.05, 4.69) is 114 Å². The first-order valence-corrected chi connectivity index (χ1v) is 12.3. The van der Waals surface area contributed by atoms with Crippen LogP contribution in [0.5, 0.6) is 5.75 Å². The van der Waals surface area contributed by atoms with Crippen LogP contribution in [0.4, 0.5) is 0 Å². The third kappa shape index (κ3) is 4.18. The lowest BCUT2D eigenvalue weighted by Crippen LogP contribution is -2.17. The summed E-state index contributed by atoms with van der Waals surface area (Å²) in [4.78, 5) is 5.12. The van der Waals surface area contributed by atoms with Crippen LogP contribution in [0.1, 0.15) is 52.7 Å². The van der Waals surface area contributed by atoms with Crippen molar-refractivity contribution in [2.24, 2.45) is 0 Å². The van der Waals surface area contributed by atoms with Crippen molar-refractivity contribution in [2.75, 3.05) is 0 Å². The van der Waals surface area contributed by atoms with Crippen molar-refractivity contribution < 1.29 is 5.11 Å². The summed E-state index contributed by atoms with van der Waals surface area (Å²) in [5.41, 5.74) is 5.48. The number of rotatable bonds is 2. The number of nitrogens with zero attached hydrogens (tertiary/aromatic N) is 1. The molecule has 2 heteroatoms. The van der Waals surface area contributed by atoms with Gasteiger partial charge in [-0.3, -0.25) is 0 Å². The van der Waals surface area contributed by atoms with Crippen LogP contribution < -0.4 is 0 Å². The summed E-state index contributed by atoms with van der Waals surface area (Å²) < 4.78 is 0. The third-order valence-corrected chi connectivity index (χ3v) is 6.85. The molecule has 0 fully saturated rings. The molecular formula is C33H33NO. The Morgan fingerprint density at radius 2 is 1.17 bits per heavy atom. The van der Waals surface area contributed by atoms with E-state index in [9.17, 15) is 5.11 Å². The molecule has 5 aromatic rings. The van der Waals surface area contributed by atoms with Gasteiger partial charge >= 0.3 is 0 Å². The largest absolute Gasteiger partial charge is 0.507 e. The maximum absolute atomic E-state index is 11.4. The van der Waals surface area contributed by atoms with Gasteiger partial charge in [0, 0.05) is 16.7 Å². The number of hydrogen-bond acceptors (Lipinski definition) is 2. The van der Waals surface area contributed by atoms with Crippen molar-refractivity contribution in [2.45, 2.75) is 52.4 Å². The third-order valence-electron chi connectivity index (χ3n) is 6.85. The lowest BCUT2D eigenvalue weighted by molar-refractivity contribution is 0.446. The molecule has 0 saturated heterocycles. The van der Waals surface area contributed by atoms with E-state index in [0.29, 0.717) is 5.75 Å². The van der Waals surface area contributed by atoms with Gasteiger partial charge in [0.05, 0.1) is 11.4 Å². The molecule has 1 N–H and O–H groups in total. The van der Waals surface area contributed by atoms with Crippen molar-refractivity contribution in [1.29, 1.82) is 0 Å². The molecule has 176 valence electrons. The fraction of sp³-hybridized carbons (Fsp3) is 0.242. The second-order valence-corrected chi connectivity index (χ2v) is 11.5. The lowest BCUT2D eigenvalue weighted by atomic mass is 9.78. The molecule has 0 aliphatic rings. The van der Waals surface area contributed by atoms with Crippen LogP contribution in [0.3, 0.4) is 0 Å². The van der Waals surface area contributed by atoms with Crippen LogP contribution in [0.15, 0.2) is 84.9 Å². The number of aromatic hydroxyl groups is 1. The Hall–Kier alpha value is -3.65. The minimum atomic E-state index is -0.188. The average Bonchev–Trinajstić information content (AvgIpc) is 2.82. The topological polar surface area (TPSA) is 33.1 Å². The zero-order valence-electron chi connectivity index (χ0n) is 21.5. The predicted octanol–water partition coefficient (Wildman–Crippen LogP) is 9.02. The van der Waals surface area contributed by atoms with Crippen LogP contribution in [0.25, 0.3) is 44.1 Å². The molecule has 0 aliphatic carbocycles. The van der Waals surface area contributed by atoms with Crippen LogP contribution in [-0.2, 0) is 10.8 Å². The molecule has 5 rings (SSSR count). The maximum Gasteiger partial charge on any atom is 0.128 e. The van der Waals surface area contributed by atoms with Crippen molar-refractivity contribution in [3.05, 3.63) is 96.1 Å². The van der Waals surface area contributed by atoms with Crippen molar-refractivity contribution in [3.63, 3.8) is 0 Å². The molecule has 0 spiro atoms. The number of fused-ring (bicyclic) bond motifs is 3. The highest BCUT2D eigenvalue weighted by Crippen LogP contribution is 2.42. The molecule has 2 nitrogen and oxygen atoms in total. The fourth-order valence-electron chi connectivity index (χ4n) is 4.84. The fourth-order valence-corrected chi connectivity index (χ4v) is 4.84. The van der Waals surface area contributed by atoms with Gasteiger partial charge in [-0.15, -0.1) is 0 Å². The quantitative estimate of drug-likeness (QED) is 0.267. The Bertz CT molecular complexity index is 1560. The molecule has 0 bridgehead atoms. The van der Waals surface area contributed by atoms with E-state index in [1.54, 1.807) is 0 Å². The Kier molecular flexibility index (Phi) is 5.44. The Balaban J connectivity index is 1.76. The normalized spacial score (nSPS) is 12.4. The van der Waals surface area contributed by atoms with E-state index < -0.39 is 0 Å². The Labute approximate surface area is 208 Å². The summed E-state index contributed by atoms with van der Waals surface area (Å²) >= 11 is 0. The summed E-state index contributed by atoms with van der Waals surface area (Å²) in [5, 5.41) is 16.2. The van der Waals surface area contributed by atoms with Gasteiger partial charge in [-0.2, -0.15) is 0 Å². The Morgan fingerprint density at radius 3 is 1.83 bits per heavy atom. The zero-order chi connectivity index (χ0) is 25.0. The van der Waals surface area contributed by atoms with Gasteiger partial charge in [0.25, 0.3) is 0 Å². The number of pyridine rings is 1. The van der Waals surface area contributed by atoms with Crippen molar-refractivity contribution >= 4 is 21.5 Å². The van der Waals surface area contributed by atoms with Crippen molar-refractivity contribution in [1.82, 2.24) is 4.98 Å². The molecule has 0 atom stereocenters. The molecule has 0 amide bonds. The van der Waals surface area contributed by atoms with Gasteiger partial charge in [-0.05, 0) is 62.2 Å². The summed E-state index contributed by atoms with van der Waals surface area (Å²) in [6, 6.07) is 29.6. The minimum Gasteiger partial charge on any atom is -0.507 e. The van der Waals surface area contributed by atoms with E-state index in [1.807, 2.05) is 12.1 Å². The summed E-state index contributed by atoms with van der Waals surface area (Å²) in [7, 11) is 0. The maximum atomic E-state index is 11.4. The molecule has 1 aromatic heterocycles. The Morgan fingerprint density at radius 1 is 0.571 bits per heavy atom. The molecule has 0 saturated carbocycles. The van der Waals surface area contributed by atoms with E-state index in [1.165, 1.54) is 27.1 Å². The van der Waals surface area contributed by atoms with Crippen LogP contribution in [0, 0.1) is 0 Å². The highest BCUT2D eigenvalue weighted by atomic mass is 16.3. The number of phenols is 1. The standard InChI is InChI=1S/C33H33NO/c1-32(2,3)22-19-27(31(35)28(20-22)33(4,5)6)30-17-11-16-29(34-30)26-18-21-12-7-8-13-23(21)24-14-9-10-15-25(24)26/h7-20,35H,1-6H3. The molecular weight excluding hydrogens is 426 g/mol. The monoisotopic (exact) mass is 459 g/mol. The van der Waals surface area contributed by atoms with Gasteiger partial charge < -0.3 is 5.11 Å². The number of hydrogen-bond donors (Lipinski definition) is 1. The van der Waals surface area contributed by atoms with E-state index >= 15 is 0 Å². The van der Waals surface area contributed by atoms with E-state index in [4.69, 9.17) is 4.98 Å². The zero-order valence-corrected chi connectivity index (χ0v) is 21.5. The minimum absolute atomic E-state index is 0.0470. The smallest absolute Gasteiger partial charge is 0.128 e. The van der Waals surface area contributed by atoms with E-state index in [-0.39, 0.29) is 10.8 Å². The molecule has 4 aromatic carbocycles. The molecule has 1 heterocycles. The molecule has 0 radical (unpaired) electrons. The highest BCUT2D eigenvalue weighted by Gasteiger charge is 2.26. The second-order valence-electron chi connectivity index (χ2n) is 11.5. The molecule has 0 unspecified atom stereocenters. The predicted molar refractivity (Wildman–Crippen MR) is 149 cm³/mol. The summed E-state index contributed by atoms with van der Waals surface area (Å²) in [5.74, 6) is 0.318. The van der Waals surface area contributed by atoms with Gasteiger partial charge in [0.15, 0.2) is 0 Å². The average molecular weight is 460 g/mol. The number of aromatic nitrogens is 1. The van der Waals surface area contributed by atoms with Gasteiger partial charge in [-0.25, -0.2) is 4.98 Å². The van der Waals surface area contributed by atoms with Crippen LogP contribution >= 0.6 is 0 Å². The van der Waals surface area contributed by atoms with Gasteiger partial charge in [0.2, 0.25) is 0 Å². The second kappa shape index (κ2) is 8.23. The first kappa shape index (κ1) is 23.1. The SMILES string of the molecule is CC(C)(C)c1cc(-c2cccc(-c3cc4ccccc4c4ccccc34)n2)c(O)c(C(C)(C)C)c1. The molecule has 35 heavy (non-hydrogen) atoms. The van der Waals surface area contributed by atoms with Gasteiger partial charge in [-0.1, -0.05) is 102 Å². The highest BCUT2D eigenvalue weighted by molar-refractivity contribution is 6.13. The van der Waals surface area contributed by atoms with Gasteiger partial charge in [0.1, 0.15) is 5.75 Å². The first-order chi connectivity index (χ1) is 16.5. The molecule has 0 aliphatic heterocycles. The van der Waals surface area contributed by atoms with Crippen LogP contribution in [0.2, 0.25) is 0 Å². The number of benzene rings is 4. The van der Waals surface area contributed by atoms with Crippen LogP contribution in [-0.4, -0.2) is 10.1 Å². The number of phenolic OH excluding ortho intramolecular Hbond substituents is 1. The summed E-state index contributed by atoms with van der Waals surface area (Å²) in [6.45, 7) is 13.1. The first-order valence-electron chi connectivity index (χ1n) is 12.3.